The third kappa shape index (κ3) is 3.40. The van der Waals surface area contributed by atoms with Gasteiger partial charge in [-0.15, -0.1) is 11.3 Å². The summed E-state index contributed by atoms with van der Waals surface area (Å²) in [4.78, 5) is 4.29. The van der Waals surface area contributed by atoms with Crippen LogP contribution in [-0.4, -0.2) is 4.98 Å². The number of benzene rings is 2. The number of rotatable bonds is 4. The van der Waals surface area contributed by atoms with E-state index in [9.17, 15) is 4.39 Å². The van der Waals surface area contributed by atoms with Crippen LogP contribution in [0.5, 0.6) is 0 Å². The molecule has 0 amide bonds. The molecule has 1 aromatic heterocycles. The van der Waals surface area contributed by atoms with Crippen molar-refractivity contribution in [3.8, 4) is 10.6 Å². The molecule has 5 heteroatoms. The predicted octanol–water partition coefficient (Wildman–Crippen LogP) is 5.21. The first-order valence-electron chi connectivity index (χ1n) is 6.40. The van der Waals surface area contributed by atoms with Crippen molar-refractivity contribution in [2.24, 2.45) is 0 Å². The molecular formula is C16H12ClFN2S. The molecule has 0 fully saturated rings. The Labute approximate surface area is 131 Å². The van der Waals surface area contributed by atoms with Crippen molar-refractivity contribution in [2.45, 2.75) is 6.54 Å². The number of aromatic nitrogens is 1. The van der Waals surface area contributed by atoms with Crippen LogP contribution in [0, 0.1) is 5.82 Å². The Morgan fingerprint density at radius 2 is 2.10 bits per heavy atom. The molecule has 3 rings (SSSR count). The zero-order valence-corrected chi connectivity index (χ0v) is 12.6. The molecule has 2 aromatic carbocycles. The molecule has 106 valence electrons. The minimum absolute atomic E-state index is 0.300. The summed E-state index contributed by atoms with van der Waals surface area (Å²) in [5.74, 6) is -0.300. The summed E-state index contributed by atoms with van der Waals surface area (Å²) < 4.78 is 13.7. The van der Waals surface area contributed by atoms with Crippen molar-refractivity contribution in [2.75, 3.05) is 5.32 Å². The van der Waals surface area contributed by atoms with Gasteiger partial charge in [-0.1, -0.05) is 29.8 Å². The smallest absolute Gasteiger partial charge is 0.129 e. The molecule has 0 aliphatic heterocycles. The lowest BCUT2D eigenvalue weighted by Crippen LogP contribution is -2.01. The van der Waals surface area contributed by atoms with Crippen LogP contribution >= 0.6 is 22.9 Å². The van der Waals surface area contributed by atoms with Gasteiger partial charge in [0.1, 0.15) is 10.8 Å². The molecule has 21 heavy (non-hydrogen) atoms. The van der Waals surface area contributed by atoms with E-state index in [1.807, 2.05) is 29.6 Å². The van der Waals surface area contributed by atoms with E-state index in [-0.39, 0.29) is 5.82 Å². The summed E-state index contributed by atoms with van der Waals surface area (Å²) in [6.07, 6.45) is 1.78. The molecule has 1 heterocycles. The maximum Gasteiger partial charge on any atom is 0.129 e. The molecular weight excluding hydrogens is 307 g/mol. The minimum atomic E-state index is -0.300. The summed E-state index contributed by atoms with van der Waals surface area (Å²) in [6.45, 7) is 0.407. The highest BCUT2D eigenvalue weighted by Gasteiger charge is 2.04. The Hall–Kier alpha value is -1.91. The van der Waals surface area contributed by atoms with E-state index >= 15 is 0 Å². The van der Waals surface area contributed by atoms with E-state index in [0.29, 0.717) is 17.1 Å². The van der Waals surface area contributed by atoms with Gasteiger partial charge in [-0.25, -0.2) is 9.37 Å². The molecule has 0 saturated heterocycles. The van der Waals surface area contributed by atoms with Gasteiger partial charge in [-0.3, -0.25) is 0 Å². The van der Waals surface area contributed by atoms with Crippen LogP contribution in [-0.2, 0) is 6.54 Å². The first-order chi connectivity index (χ1) is 10.2. The molecule has 0 spiro atoms. The van der Waals surface area contributed by atoms with Gasteiger partial charge >= 0.3 is 0 Å². The fourth-order valence-corrected chi connectivity index (χ4v) is 2.78. The monoisotopic (exact) mass is 318 g/mol. The van der Waals surface area contributed by atoms with Crippen LogP contribution in [0.25, 0.3) is 10.6 Å². The normalized spacial score (nSPS) is 10.6. The Bertz CT molecular complexity index is 744. The molecule has 0 aliphatic rings. The van der Waals surface area contributed by atoms with Crippen molar-refractivity contribution >= 4 is 28.6 Å². The van der Waals surface area contributed by atoms with Crippen LogP contribution in [0.1, 0.15) is 5.56 Å². The summed E-state index contributed by atoms with van der Waals surface area (Å²) in [7, 11) is 0. The average molecular weight is 319 g/mol. The minimum Gasteiger partial charge on any atom is -0.381 e. The number of thiazole rings is 1. The third-order valence-electron chi connectivity index (χ3n) is 3.04. The molecule has 0 radical (unpaired) electrons. The van der Waals surface area contributed by atoms with Gasteiger partial charge in [0.15, 0.2) is 0 Å². The summed E-state index contributed by atoms with van der Waals surface area (Å²) >= 11 is 7.34. The molecule has 1 N–H and O–H groups in total. The number of nitrogens with one attached hydrogen (secondary N) is 1. The highest BCUT2D eigenvalue weighted by molar-refractivity contribution is 7.13. The van der Waals surface area contributed by atoms with E-state index < -0.39 is 0 Å². The largest absolute Gasteiger partial charge is 0.381 e. The zero-order chi connectivity index (χ0) is 14.7. The Balaban J connectivity index is 1.75. The molecule has 3 aromatic rings. The second kappa shape index (κ2) is 6.24. The number of halogens is 2. The number of hydrogen-bond acceptors (Lipinski definition) is 3. The third-order valence-corrected chi connectivity index (χ3v) is 4.10. The molecule has 0 bridgehead atoms. The first-order valence-corrected chi connectivity index (χ1v) is 7.66. The molecule has 2 nitrogen and oxygen atoms in total. The number of hydrogen-bond donors (Lipinski definition) is 1. The van der Waals surface area contributed by atoms with Gasteiger partial charge in [-0.2, -0.15) is 0 Å². The van der Waals surface area contributed by atoms with Gasteiger partial charge in [0.25, 0.3) is 0 Å². The maximum absolute atomic E-state index is 13.7. The lowest BCUT2D eigenvalue weighted by Gasteiger charge is -2.09. The predicted molar refractivity (Wildman–Crippen MR) is 86.3 cm³/mol. The van der Waals surface area contributed by atoms with Crippen molar-refractivity contribution < 1.29 is 4.39 Å². The van der Waals surface area contributed by atoms with Crippen LogP contribution in [0.15, 0.2) is 54.0 Å². The lowest BCUT2D eigenvalue weighted by atomic mass is 10.2. The van der Waals surface area contributed by atoms with Crippen molar-refractivity contribution in [3.63, 3.8) is 0 Å². The highest BCUT2D eigenvalue weighted by atomic mass is 35.5. The molecule has 0 unspecified atom stereocenters. The standard InChI is InChI=1S/C16H12ClFN2S/c17-13-5-4-12(15(18)9-13)10-20-14-3-1-2-11(8-14)16-19-6-7-21-16/h1-9,20H,10H2. The SMILES string of the molecule is Fc1cc(Cl)ccc1CNc1cccc(-c2nccs2)c1. The van der Waals surface area contributed by atoms with Gasteiger partial charge in [0.2, 0.25) is 0 Å². The highest BCUT2D eigenvalue weighted by Crippen LogP contribution is 2.25. The van der Waals surface area contributed by atoms with Crippen molar-refractivity contribution in [3.05, 3.63) is 70.4 Å². The quantitative estimate of drug-likeness (QED) is 0.714. The van der Waals surface area contributed by atoms with Crippen molar-refractivity contribution in [1.29, 1.82) is 0 Å². The first kappa shape index (κ1) is 14.0. The Kier molecular flexibility index (Phi) is 4.18. The van der Waals surface area contributed by atoms with Gasteiger partial charge in [-0.05, 0) is 24.3 Å². The molecule has 0 atom stereocenters. The van der Waals surface area contributed by atoms with Crippen LogP contribution in [0.4, 0.5) is 10.1 Å². The van der Waals surface area contributed by atoms with E-state index in [0.717, 1.165) is 16.3 Å². The van der Waals surface area contributed by atoms with Gasteiger partial charge in [0, 0.05) is 40.0 Å². The number of anilines is 1. The average Bonchev–Trinajstić information content (AvgIpc) is 3.01. The lowest BCUT2D eigenvalue weighted by molar-refractivity contribution is 0.613. The Morgan fingerprint density at radius 1 is 1.19 bits per heavy atom. The van der Waals surface area contributed by atoms with E-state index in [2.05, 4.69) is 10.3 Å². The van der Waals surface area contributed by atoms with Crippen LogP contribution in [0.2, 0.25) is 5.02 Å². The molecule has 0 saturated carbocycles. The van der Waals surface area contributed by atoms with Crippen LogP contribution in [0.3, 0.4) is 0 Å². The second-order valence-electron chi connectivity index (χ2n) is 4.51. The topological polar surface area (TPSA) is 24.9 Å². The van der Waals surface area contributed by atoms with E-state index in [1.54, 1.807) is 29.7 Å². The Morgan fingerprint density at radius 3 is 2.86 bits per heavy atom. The second-order valence-corrected chi connectivity index (χ2v) is 5.84. The summed E-state index contributed by atoms with van der Waals surface area (Å²) in [6, 6.07) is 12.6. The molecule has 0 aliphatic carbocycles. The van der Waals surface area contributed by atoms with Gasteiger partial charge in [0.05, 0.1) is 0 Å². The summed E-state index contributed by atoms with van der Waals surface area (Å²) in [5.41, 5.74) is 2.56. The zero-order valence-electron chi connectivity index (χ0n) is 11.0. The van der Waals surface area contributed by atoms with Crippen molar-refractivity contribution in [1.82, 2.24) is 4.98 Å². The maximum atomic E-state index is 13.7. The number of nitrogens with zero attached hydrogens (tertiary/aromatic N) is 1. The fraction of sp³-hybridized carbons (Fsp3) is 0.0625. The van der Waals surface area contributed by atoms with Crippen LogP contribution < -0.4 is 5.32 Å². The van der Waals surface area contributed by atoms with E-state index in [1.165, 1.54) is 6.07 Å². The van der Waals surface area contributed by atoms with Gasteiger partial charge < -0.3 is 5.32 Å². The summed E-state index contributed by atoms with van der Waals surface area (Å²) in [5, 5.41) is 6.53. The fourth-order valence-electron chi connectivity index (χ4n) is 1.99. The van der Waals surface area contributed by atoms with E-state index in [4.69, 9.17) is 11.6 Å².